The van der Waals surface area contributed by atoms with Gasteiger partial charge in [-0.1, -0.05) is 23.2 Å². The van der Waals surface area contributed by atoms with E-state index in [0.29, 0.717) is 18.1 Å². The summed E-state index contributed by atoms with van der Waals surface area (Å²) in [6.45, 7) is 0.120. The molecule has 0 aromatic heterocycles. The van der Waals surface area contributed by atoms with Gasteiger partial charge in [0.2, 0.25) is 10.0 Å². The van der Waals surface area contributed by atoms with Crippen LogP contribution in [-0.4, -0.2) is 49.4 Å². The first-order valence-electron chi connectivity index (χ1n) is 8.93. The highest BCUT2D eigenvalue weighted by atomic mass is 35.5. The third-order valence-electron chi connectivity index (χ3n) is 4.43. The molecule has 8 nitrogen and oxygen atoms in total. The average Bonchev–Trinajstić information content (AvgIpc) is 3.25. The summed E-state index contributed by atoms with van der Waals surface area (Å²) in [6.07, 6.45) is 1.52. The lowest BCUT2D eigenvalue weighted by molar-refractivity contribution is -0.119. The number of aromatic hydroxyl groups is 1. The zero-order valence-corrected chi connectivity index (χ0v) is 17.9. The first-order chi connectivity index (χ1) is 14.2. The zero-order chi connectivity index (χ0) is 21.9. The Labute approximate surface area is 183 Å². The van der Waals surface area contributed by atoms with Gasteiger partial charge < -0.3 is 15.2 Å². The fourth-order valence-electron chi connectivity index (χ4n) is 2.91. The monoisotopic (exact) mass is 472 g/mol. The quantitative estimate of drug-likeness (QED) is 0.623. The van der Waals surface area contributed by atoms with Crippen LogP contribution in [0.25, 0.3) is 0 Å². The summed E-state index contributed by atoms with van der Waals surface area (Å²) in [7, 11) is -3.78. The minimum Gasteiger partial charge on any atom is -0.507 e. The van der Waals surface area contributed by atoms with Gasteiger partial charge in [-0.3, -0.25) is 4.79 Å². The molecule has 0 unspecified atom stereocenters. The Bertz CT molecular complexity index is 1080. The Hall–Kier alpha value is -2.33. The molecule has 2 aromatic carbocycles. The smallest absolute Gasteiger partial charge is 0.342 e. The van der Waals surface area contributed by atoms with Gasteiger partial charge in [0.25, 0.3) is 5.91 Å². The summed E-state index contributed by atoms with van der Waals surface area (Å²) >= 11 is 11.8. The summed E-state index contributed by atoms with van der Waals surface area (Å²) in [5.74, 6) is -2.19. The molecule has 1 amide bonds. The van der Waals surface area contributed by atoms with Crippen LogP contribution in [0.1, 0.15) is 23.2 Å². The van der Waals surface area contributed by atoms with Crippen molar-refractivity contribution in [3.05, 3.63) is 52.0 Å². The highest BCUT2D eigenvalue weighted by molar-refractivity contribution is 7.89. The van der Waals surface area contributed by atoms with Crippen LogP contribution in [0.15, 0.2) is 41.3 Å². The van der Waals surface area contributed by atoms with Crippen molar-refractivity contribution in [1.82, 2.24) is 4.31 Å². The Morgan fingerprint density at radius 1 is 1.10 bits per heavy atom. The van der Waals surface area contributed by atoms with Gasteiger partial charge >= 0.3 is 5.97 Å². The van der Waals surface area contributed by atoms with Gasteiger partial charge in [0, 0.05) is 18.1 Å². The third kappa shape index (κ3) is 5.04. The molecule has 0 saturated carbocycles. The lowest BCUT2D eigenvalue weighted by Crippen LogP contribution is -2.28. The molecular formula is C19H18Cl2N2O6S. The van der Waals surface area contributed by atoms with E-state index in [4.69, 9.17) is 27.9 Å². The molecule has 2 N–H and O–H groups in total. The van der Waals surface area contributed by atoms with Crippen molar-refractivity contribution in [2.24, 2.45) is 0 Å². The molecule has 1 saturated heterocycles. The first kappa shape index (κ1) is 22.4. The van der Waals surface area contributed by atoms with Crippen LogP contribution in [0.4, 0.5) is 5.69 Å². The second kappa shape index (κ2) is 9.22. The number of sulfonamides is 1. The van der Waals surface area contributed by atoms with Crippen molar-refractivity contribution in [3.63, 3.8) is 0 Å². The summed E-state index contributed by atoms with van der Waals surface area (Å²) < 4.78 is 31.5. The average molecular weight is 473 g/mol. The topological polar surface area (TPSA) is 113 Å². The minimum atomic E-state index is -3.78. The van der Waals surface area contributed by atoms with Crippen molar-refractivity contribution in [2.45, 2.75) is 17.7 Å². The molecule has 2 aromatic rings. The van der Waals surface area contributed by atoms with Crippen molar-refractivity contribution < 1.29 is 27.9 Å². The number of nitrogens with one attached hydrogen (secondary N) is 1. The van der Waals surface area contributed by atoms with Crippen molar-refractivity contribution in [3.8, 4) is 5.75 Å². The van der Waals surface area contributed by atoms with Crippen LogP contribution in [0, 0.1) is 0 Å². The highest BCUT2D eigenvalue weighted by Gasteiger charge is 2.28. The van der Waals surface area contributed by atoms with Crippen molar-refractivity contribution in [2.75, 3.05) is 25.0 Å². The Morgan fingerprint density at radius 3 is 2.50 bits per heavy atom. The van der Waals surface area contributed by atoms with Crippen LogP contribution in [0.3, 0.4) is 0 Å². The number of carbonyl (C=O) groups is 2. The molecule has 11 heteroatoms. The van der Waals surface area contributed by atoms with E-state index in [-0.39, 0.29) is 21.2 Å². The number of nitrogens with zero attached hydrogens (tertiary/aromatic N) is 1. The highest BCUT2D eigenvalue weighted by Crippen LogP contribution is 2.27. The molecule has 160 valence electrons. The van der Waals surface area contributed by atoms with Gasteiger partial charge in [0.15, 0.2) is 6.61 Å². The van der Waals surface area contributed by atoms with Gasteiger partial charge in [-0.25, -0.2) is 13.2 Å². The number of halogens is 2. The van der Waals surface area contributed by atoms with Gasteiger partial charge in [-0.05, 0) is 49.2 Å². The van der Waals surface area contributed by atoms with Crippen LogP contribution in [0.2, 0.25) is 10.0 Å². The Morgan fingerprint density at radius 2 is 1.80 bits per heavy atom. The Balaban J connectivity index is 1.69. The number of hydrogen-bond donors (Lipinski definition) is 2. The number of rotatable bonds is 6. The van der Waals surface area contributed by atoms with E-state index in [0.717, 1.165) is 25.0 Å². The van der Waals surface area contributed by atoms with E-state index in [1.54, 1.807) is 6.07 Å². The maximum Gasteiger partial charge on any atom is 0.342 e. The standard InChI is InChI=1S/C19H18Cl2N2O6S/c20-12-3-5-15(21)16(9-12)22-18(25)11-29-19(26)14-10-13(4-6-17(14)24)30(27,28)23-7-1-2-8-23/h3-6,9-10,24H,1-2,7-8,11H2,(H,22,25). The molecule has 30 heavy (non-hydrogen) atoms. The van der Waals surface area contributed by atoms with Crippen LogP contribution >= 0.6 is 23.2 Å². The number of esters is 1. The second-order valence-electron chi connectivity index (χ2n) is 6.54. The maximum absolute atomic E-state index is 12.7. The fraction of sp³-hybridized carbons (Fsp3) is 0.263. The second-order valence-corrected chi connectivity index (χ2v) is 9.32. The largest absolute Gasteiger partial charge is 0.507 e. The van der Waals surface area contributed by atoms with E-state index in [2.05, 4.69) is 5.32 Å². The van der Waals surface area contributed by atoms with Gasteiger partial charge in [-0.15, -0.1) is 0 Å². The molecule has 3 rings (SSSR count). The van der Waals surface area contributed by atoms with Crippen LogP contribution < -0.4 is 5.32 Å². The normalized spacial score (nSPS) is 14.5. The molecule has 0 spiro atoms. The van der Waals surface area contributed by atoms with Gasteiger partial charge in [-0.2, -0.15) is 4.31 Å². The van der Waals surface area contributed by atoms with Crippen molar-refractivity contribution in [1.29, 1.82) is 0 Å². The third-order valence-corrected chi connectivity index (χ3v) is 6.89. The summed E-state index contributed by atoms with van der Waals surface area (Å²) in [5.41, 5.74) is -0.115. The van der Waals surface area contributed by atoms with Crippen LogP contribution in [0.5, 0.6) is 5.75 Å². The molecule has 0 bridgehead atoms. The summed E-state index contributed by atoms with van der Waals surface area (Å²) in [4.78, 5) is 24.2. The molecule has 0 radical (unpaired) electrons. The van der Waals surface area contributed by atoms with Gasteiger partial charge in [0.05, 0.1) is 15.6 Å². The zero-order valence-electron chi connectivity index (χ0n) is 15.6. The predicted molar refractivity (Wildman–Crippen MR) is 111 cm³/mol. The van der Waals surface area contributed by atoms with E-state index < -0.39 is 34.3 Å². The number of benzene rings is 2. The van der Waals surface area contributed by atoms with E-state index >= 15 is 0 Å². The molecule has 1 aliphatic rings. The first-order valence-corrected chi connectivity index (χ1v) is 11.1. The molecule has 0 atom stereocenters. The molecular weight excluding hydrogens is 455 g/mol. The van der Waals surface area contributed by atoms with E-state index in [1.165, 1.54) is 22.5 Å². The summed E-state index contributed by atoms with van der Waals surface area (Å²) in [6, 6.07) is 7.83. The SMILES string of the molecule is O=C(COC(=O)c1cc(S(=O)(=O)N2CCCC2)ccc1O)Nc1cc(Cl)ccc1Cl. The Kier molecular flexibility index (Phi) is 6.87. The number of carbonyl (C=O) groups excluding carboxylic acids is 2. The lowest BCUT2D eigenvalue weighted by atomic mass is 10.2. The molecule has 0 aliphatic carbocycles. The molecule has 1 heterocycles. The van der Waals surface area contributed by atoms with Crippen LogP contribution in [-0.2, 0) is 19.6 Å². The number of amides is 1. The molecule has 1 aliphatic heterocycles. The van der Waals surface area contributed by atoms with Crippen molar-refractivity contribution >= 4 is 50.8 Å². The number of hydrogen-bond acceptors (Lipinski definition) is 6. The van der Waals surface area contributed by atoms with Gasteiger partial charge in [0.1, 0.15) is 11.3 Å². The maximum atomic E-state index is 12.7. The fourth-order valence-corrected chi connectivity index (χ4v) is 4.79. The number of phenolic OH excluding ortho intramolecular Hbond substituents is 1. The number of phenols is 1. The van der Waals surface area contributed by atoms with E-state index in [1.807, 2.05) is 0 Å². The molecule has 1 fully saturated rings. The summed E-state index contributed by atoms with van der Waals surface area (Å²) in [5, 5.41) is 13.0. The number of anilines is 1. The number of ether oxygens (including phenoxy) is 1. The minimum absolute atomic E-state index is 0.135. The lowest BCUT2D eigenvalue weighted by Gasteiger charge is -2.16. The predicted octanol–water partition coefficient (Wildman–Crippen LogP) is 3.28. The van der Waals surface area contributed by atoms with E-state index in [9.17, 15) is 23.1 Å².